The van der Waals surface area contributed by atoms with Gasteiger partial charge in [-0.1, -0.05) is 6.08 Å². The van der Waals surface area contributed by atoms with Crippen LogP contribution in [-0.2, 0) is 4.79 Å². The van der Waals surface area contributed by atoms with Gasteiger partial charge < -0.3 is 10.6 Å². The minimum atomic E-state index is -1.57. The molecule has 0 aliphatic heterocycles. The molecule has 0 saturated heterocycles. The predicted octanol–water partition coefficient (Wildman–Crippen LogP) is 2.21. The predicted molar refractivity (Wildman–Crippen MR) is 62.6 cm³/mol. The molecule has 1 aromatic carbocycles. The minimum absolute atomic E-state index is 0.268. The van der Waals surface area contributed by atoms with Gasteiger partial charge in [0.05, 0.1) is 5.69 Å². The number of anilines is 1. The number of hydrogen-bond donors (Lipinski definition) is 2. The molecular weight excluding hydrogens is 245 g/mol. The van der Waals surface area contributed by atoms with Crippen LogP contribution in [0.1, 0.15) is 6.92 Å². The summed E-state index contributed by atoms with van der Waals surface area (Å²) in [5.74, 6) is -4.60. The summed E-state index contributed by atoms with van der Waals surface area (Å²) >= 11 is 0. The van der Waals surface area contributed by atoms with E-state index in [1.165, 1.54) is 13.0 Å². The Kier molecular flexibility index (Phi) is 4.76. The van der Waals surface area contributed by atoms with E-state index in [1.54, 1.807) is 0 Å². The van der Waals surface area contributed by atoms with Crippen LogP contribution in [0.25, 0.3) is 0 Å². The van der Waals surface area contributed by atoms with E-state index in [1.807, 2.05) is 0 Å². The van der Waals surface area contributed by atoms with Crippen LogP contribution in [0, 0.1) is 17.5 Å². The van der Waals surface area contributed by atoms with Crippen LogP contribution >= 0.6 is 0 Å². The summed E-state index contributed by atoms with van der Waals surface area (Å²) < 4.78 is 38.9. The number of hydrogen-bond acceptors (Lipinski definition) is 2. The average Bonchev–Trinajstić information content (AvgIpc) is 2.36. The van der Waals surface area contributed by atoms with E-state index in [4.69, 9.17) is 0 Å². The van der Waals surface area contributed by atoms with Crippen molar-refractivity contribution in [1.82, 2.24) is 5.32 Å². The Morgan fingerprint density at radius 3 is 2.67 bits per heavy atom. The number of amides is 1. The number of rotatable bonds is 5. The summed E-state index contributed by atoms with van der Waals surface area (Å²) in [6, 6.07) is 1.03. The van der Waals surface area contributed by atoms with Crippen LogP contribution in [0.2, 0.25) is 0 Å². The Morgan fingerprint density at radius 2 is 2.06 bits per heavy atom. The Hall–Kier alpha value is -1.98. The third kappa shape index (κ3) is 3.26. The second kappa shape index (κ2) is 6.09. The molecule has 0 spiro atoms. The summed E-state index contributed by atoms with van der Waals surface area (Å²) in [4.78, 5) is 11.5. The zero-order valence-electron chi connectivity index (χ0n) is 9.77. The van der Waals surface area contributed by atoms with Gasteiger partial charge in [-0.2, -0.15) is 0 Å². The van der Waals surface area contributed by atoms with E-state index < -0.39 is 29.4 Å². The van der Waals surface area contributed by atoms with E-state index in [0.717, 1.165) is 12.1 Å². The lowest BCUT2D eigenvalue weighted by atomic mass is 10.2. The molecule has 18 heavy (non-hydrogen) atoms. The summed E-state index contributed by atoms with van der Waals surface area (Å²) in [5.41, 5.74) is -0.268. The van der Waals surface area contributed by atoms with Crippen molar-refractivity contribution in [3.05, 3.63) is 42.2 Å². The maximum atomic E-state index is 13.3. The fourth-order valence-electron chi connectivity index (χ4n) is 1.26. The van der Waals surface area contributed by atoms with Crippen molar-refractivity contribution in [1.29, 1.82) is 0 Å². The van der Waals surface area contributed by atoms with Crippen LogP contribution in [0.3, 0.4) is 0 Å². The van der Waals surface area contributed by atoms with Gasteiger partial charge in [0.2, 0.25) is 5.91 Å². The van der Waals surface area contributed by atoms with Crippen molar-refractivity contribution in [3.63, 3.8) is 0 Å². The van der Waals surface area contributed by atoms with E-state index >= 15 is 0 Å². The molecule has 2 N–H and O–H groups in total. The van der Waals surface area contributed by atoms with Crippen molar-refractivity contribution in [2.45, 2.75) is 13.0 Å². The third-order valence-electron chi connectivity index (χ3n) is 2.22. The maximum absolute atomic E-state index is 13.3. The molecule has 1 amide bonds. The number of nitrogens with one attached hydrogen (secondary N) is 2. The zero-order chi connectivity index (χ0) is 13.7. The first kappa shape index (κ1) is 14.1. The molecule has 1 atom stereocenters. The highest BCUT2D eigenvalue weighted by Crippen LogP contribution is 2.20. The van der Waals surface area contributed by atoms with Gasteiger partial charge in [-0.15, -0.1) is 6.58 Å². The van der Waals surface area contributed by atoms with Crippen LogP contribution in [0.5, 0.6) is 0 Å². The van der Waals surface area contributed by atoms with Crippen molar-refractivity contribution in [3.8, 4) is 0 Å². The van der Waals surface area contributed by atoms with E-state index in [9.17, 15) is 18.0 Å². The lowest BCUT2D eigenvalue weighted by Gasteiger charge is -2.15. The van der Waals surface area contributed by atoms with Gasteiger partial charge in [-0.3, -0.25) is 4.79 Å². The van der Waals surface area contributed by atoms with Gasteiger partial charge in [0, 0.05) is 6.54 Å². The molecule has 1 rings (SSSR count). The quantitative estimate of drug-likeness (QED) is 0.628. The van der Waals surface area contributed by atoms with Crippen LogP contribution in [0.4, 0.5) is 18.9 Å². The standard InChI is InChI=1S/C12H13F3N2O/c1-3-6-16-12(18)7(2)17-9-5-4-8(13)10(14)11(9)15/h3-5,7,17H,1,6H2,2H3,(H,16,18). The molecule has 0 heterocycles. The highest BCUT2D eigenvalue weighted by atomic mass is 19.2. The molecule has 0 saturated carbocycles. The molecule has 0 aliphatic carbocycles. The Morgan fingerprint density at radius 1 is 1.39 bits per heavy atom. The van der Waals surface area contributed by atoms with Crippen LogP contribution in [-0.4, -0.2) is 18.5 Å². The monoisotopic (exact) mass is 258 g/mol. The summed E-state index contributed by atoms with van der Waals surface area (Å²) in [6.07, 6.45) is 1.49. The van der Waals surface area contributed by atoms with Crippen molar-refractivity contribution < 1.29 is 18.0 Å². The lowest BCUT2D eigenvalue weighted by Crippen LogP contribution is -2.37. The normalized spacial score (nSPS) is 11.8. The van der Waals surface area contributed by atoms with Gasteiger partial charge in [0.15, 0.2) is 17.5 Å². The molecule has 98 valence electrons. The van der Waals surface area contributed by atoms with Crippen molar-refractivity contribution in [2.24, 2.45) is 0 Å². The number of carbonyl (C=O) groups is 1. The molecule has 3 nitrogen and oxygen atoms in total. The van der Waals surface area contributed by atoms with Gasteiger partial charge in [0.1, 0.15) is 6.04 Å². The van der Waals surface area contributed by atoms with E-state index in [-0.39, 0.29) is 12.2 Å². The van der Waals surface area contributed by atoms with Crippen molar-refractivity contribution in [2.75, 3.05) is 11.9 Å². The van der Waals surface area contributed by atoms with Gasteiger partial charge in [0.25, 0.3) is 0 Å². The molecule has 0 radical (unpaired) electrons. The highest BCUT2D eigenvalue weighted by molar-refractivity contribution is 5.84. The Bertz CT molecular complexity index is 463. The first-order valence-corrected chi connectivity index (χ1v) is 5.26. The minimum Gasteiger partial charge on any atom is -0.371 e. The van der Waals surface area contributed by atoms with Gasteiger partial charge in [-0.25, -0.2) is 13.2 Å². The molecule has 0 fully saturated rings. The van der Waals surface area contributed by atoms with E-state index in [0.29, 0.717) is 0 Å². The molecule has 1 unspecified atom stereocenters. The third-order valence-corrected chi connectivity index (χ3v) is 2.22. The SMILES string of the molecule is C=CCNC(=O)C(C)Nc1ccc(F)c(F)c1F. The molecule has 1 aromatic rings. The molecule has 6 heteroatoms. The number of carbonyl (C=O) groups excluding carboxylic acids is 1. The molecule has 0 aliphatic rings. The Balaban J connectivity index is 2.76. The maximum Gasteiger partial charge on any atom is 0.242 e. The fraction of sp³-hybridized carbons (Fsp3) is 0.250. The zero-order valence-corrected chi connectivity index (χ0v) is 9.77. The average molecular weight is 258 g/mol. The smallest absolute Gasteiger partial charge is 0.242 e. The van der Waals surface area contributed by atoms with Gasteiger partial charge >= 0.3 is 0 Å². The lowest BCUT2D eigenvalue weighted by molar-refractivity contribution is -0.121. The highest BCUT2D eigenvalue weighted by Gasteiger charge is 2.17. The molecular formula is C12H13F3N2O. The topological polar surface area (TPSA) is 41.1 Å². The summed E-state index contributed by atoms with van der Waals surface area (Å²) in [5, 5.41) is 4.95. The second-order valence-electron chi connectivity index (χ2n) is 3.62. The van der Waals surface area contributed by atoms with E-state index in [2.05, 4.69) is 17.2 Å². The second-order valence-corrected chi connectivity index (χ2v) is 3.62. The van der Waals surface area contributed by atoms with Gasteiger partial charge in [-0.05, 0) is 19.1 Å². The summed E-state index contributed by atoms with van der Waals surface area (Å²) in [6.45, 7) is 5.17. The summed E-state index contributed by atoms with van der Waals surface area (Å²) in [7, 11) is 0. The first-order chi connectivity index (χ1) is 8.47. The largest absolute Gasteiger partial charge is 0.371 e. The van der Waals surface area contributed by atoms with Crippen molar-refractivity contribution >= 4 is 11.6 Å². The number of halogens is 3. The molecule has 0 aromatic heterocycles. The number of benzene rings is 1. The van der Waals surface area contributed by atoms with Crippen LogP contribution in [0.15, 0.2) is 24.8 Å². The molecule has 0 bridgehead atoms. The first-order valence-electron chi connectivity index (χ1n) is 5.26. The fourth-order valence-corrected chi connectivity index (χ4v) is 1.26. The van der Waals surface area contributed by atoms with Crippen LogP contribution < -0.4 is 10.6 Å². The Labute approximate surface area is 103 Å².